The Morgan fingerprint density at radius 1 is 1.06 bits per heavy atom. The standard InChI is InChI=1S/C26H24N2O5/c1-15(2)18-14-17(8-9-21(18)33-3)24(30)22-23(16-10-12-27-13-11-16)28(26(32)25(22)31)19-6-4-5-7-20(19)29/h4-15,23,29-30H,1-3H3/b24-22-. The summed E-state index contributed by atoms with van der Waals surface area (Å²) < 4.78 is 5.42. The van der Waals surface area contributed by atoms with Crippen molar-refractivity contribution in [1.82, 2.24) is 4.98 Å². The van der Waals surface area contributed by atoms with Crippen LogP contribution in [-0.2, 0) is 9.59 Å². The Morgan fingerprint density at radius 2 is 1.76 bits per heavy atom. The number of aliphatic hydroxyl groups excluding tert-OH is 1. The number of hydrogen-bond acceptors (Lipinski definition) is 6. The molecule has 1 unspecified atom stereocenters. The van der Waals surface area contributed by atoms with E-state index >= 15 is 0 Å². The van der Waals surface area contributed by atoms with Crippen molar-refractivity contribution in [3.8, 4) is 11.5 Å². The van der Waals surface area contributed by atoms with Crippen LogP contribution in [0.3, 0.4) is 0 Å². The molecule has 2 N–H and O–H groups in total. The summed E-state index contributed by atoms with van der Waals surface area (Å²) in [6.07, 6.45) is 3.09. The summed E-state index contributed by atoms with van der Waals surface area (Å²) in [5.41, 5.74) is 1.95. The van der Waals surface area contributed by atoms with Gasteiger partial charge in [-0.2, -0.15) is 0 Å². The van der Waals surface area contributed by atoms with Gasteiger partial charge in [-0.3, -0.25) is 19.5 Å². The van der Waals surface area contributed by atoms with Crippen LogP contribution in [0.15, 0.2) is 72.6 Å². The molecule has 2 aromatic carbocycles. The summed E-state index contributed by atoms with van der Waals surface area (Å²) in [5, 5.41) is 21.7. The third-order valence-electron chi connectivity index (χ3n) is 5.73. The van der Waals surface area contributed by atoms with Crippen molar-refractivity contribution in [3.05, 3.63) is 89.3 Å². The number of aromatic hydroxyl groups is 1. The Labute approximate surface area is 191 Å². The van der Waals surface area contributed by atoms with Crippen LogP contribution in [0.2, 0.25) is 0 Å². The molecule has 0 spiro atoms. The van der Waals surface area contributed by atoms with Gasteiger partial charge in [-0.1, -0.05) is 26.0 Å². The van der Waals surface area contributed by atoms with Gasteiger partial charge in [0.1, 0.15) is 17.3 Å². The van der Waals surface area contributed by atoms with E-state index in [-0.39, 0.29) is 28.7 Å². The Bertz CT molecular complexity index is 1250. The molecule has 1 aromatic heterocycles. The van der Waals surface area contributed by atoms with E-state index in [1.807, 2.05) is 13.8 Å². The highest BCUT2D eigenvalue weighted by molar-refractivity contribution is 6.51. The summed E-state index contributed by atoms with van der Waals surface area (Å²) in [5.74, 6) is -1.34. The van der Waals surface area contributed by atoms with Crippen molar-refractivity contribution in [2.24, 2.45) is 0 Å². The van der Waals surface area contributed by atoms with Gasteiger partial charge in [0.15, 0.2) is 0 Å². The van der Waals surface area contributed by atoms with E-state index in [1.54, 1.807) is 68.0 Å². The van der Waals surface area contributed by atoms with Crippen LogP contribution in [0.5, 0.6) is 11.5 Å². The SMILES string of the molecule is COc1ccc(/C(O)=C2/C(=O)C(=O)N(c3ccccc3O)C2c2ccncc2)cc1C(C)C. The predicted molar refractivity (Wildman–Crippen MR) is 124 cm³/mol. The van der Waals surface area contributed by atoms with E-state index in [9.17, 15) is 19.8 Å². The van der Waals surface area contributed by atoms with Crippen LogP contribution in [0.4, 0.5) is 5.69 Å². The number of ether oxygens (including phenoxy) is 1. The smallest absolute Gasteiger partial charge is 0.300 e. The Morgan fingerprint density at radius 3 is 2.39 bits per heavy atom. The molecule has 3 aromatic rings. The monoisotopic (exact) mass is 444 g/mol. The van der Waals surface area contributed by atoms with E-state index in [1.165, 1.54) is 11.0 Å². The van der Waals surface area contributed by atoms with Crippen molar-refractivity contribution in [2.75, 3.05) is 12.0 Å². The zero-order valence-corrected chi connectivity index (χ0v) is 18.5. The zero-order valence-electron chi connectivity index (χ0n) is 18.5. The van der Waals surface area contributed by atoms with Crippen LogP contribution in [0.25, 0.3) is 5.76 Å². The van der Waals surface area contributed by atoms with Crippen LogP contribution in [-0.4, -0.2) is 34.0 Å². The number of rotatable bonds is 5. The summed E-state index contributed by atoms with van der Waals surface area (Å²) in [6, 6.07) is 13.8. The average molecular weight is 444 g/mol. The fourth-order valence-corrected chi connectivity index (χ4v) is 4.10. The van der Waals surface area contributed by atoms with Gasteiger partial charge in [0, 0.05) is 18.0 Å². The van der Waals surface area contributed by atoms with Crippen LogP contribution < -0.4 is 9.64 Å². The number of pyridine rings is 1. The molecule has 1 fully saturated rings. The predicted octanol–water partition coefficient (Wildman–Crippen LogP) is 4.55. The van der Waals surface area contributed by atoms with Gasteiger partial charge in [-0.25, -0.2) is 0 Å². The maximum atomic E-state index is 13.2. The molecule has 168 valence electrons. The molecule has 4 rings (SSSR count). The highest BCUT2D eigenvalue weighted by atomic mass is 16.5. The minimum atomic E-state index is -0.939. The molecule has 0 bridgehead atoms. The number of nitrogens with zero attached hydrogens (tertiary/aromatic N) is 2. The largest absolute Gasteiger partial charge is 0.507 e. The number of aliphatic hydroxyl groups is 1. The first-order valence-corrected chi connectivity index (χ1v) is 10.5. The molecule has 33 heavy (non-hydrogen) atoms. The van der Waals surface area contributed by atoms with Crippen molar-refractivity contribution >= 4 is 23.1 Å². The summed E-state index contributed by atoms with van der Waals surface area (Å²) in [4.78, 5) is 31.6. The summed E-state index contributed by atoms with van der Waals surface area (Å²) in [6.45, 7) is 3.99. The van der Waals surface area contributed by atoms with Crippen LogP contribution in [0.1, 0.15) is 42.5 Å². The molecule has 0 radical (unpaired) electrons. The number of hydrogen-bond donors (Lipinski definition) is 2. The molecule has 1 aliphatic rings. The average Bonchev–Trinajstić information content (AvgIpc) is 3.09. The lowest BCUT2D eigenvalue weighted by Crippen LogP contribution is -2.29. The number of Topliss-reactive ketones (excluding diaryl/α,β-unsaturated/α-hetero) is 1. The number of phenolic OH excluding ortho intramolecular Hbond substituents is 1. The van der Waals surface area contributed by atoms with E-state index in [0.717, 1.165) is 5.56 Å². The maximum Gasteiger partial charge on any atom is 0.300 e. The van der Waals surface area contributed by atoms with Crippen molar-refractivity contribution in [1.29, 1.82) is 0 Å². The second kappa shape index (κ2) is 8.78. The molecule has 1 amide bonds. The number of phenols is 1. The highest BCUT2D eigenvalue weighted by Crippen LogP contribution is 2.44. The Balaban J connectivity index is 1.95. The molecular formula is C26H24N2O5. The fraction of sp³-hybridized carbons (Fsp3) is 0.192. The van der Waals surface area contributed by atoms with E-state index in [0.29, 0.717) is 16.9 Å². The number of amides is 1. The normalized spacial score (nSPS) is 17.6. The lowest BCUT2D eigenvalue weighted by molar-refractivity contribution is -0.132. The number of para-hydroxylation sites is 2. The number of carbonyl (C=O) groups excluding carboxylic acids is 2. The molecule has 1 saturated heterocycles. The van der Waals surface area contributed by atoms with E-state index < -0.39 is 17.7 Å². The van der Waals surface area contributed by atoms with Crippen molar-refractivity contribution in [3.63, 3.8) is 0 Å². The second-order valence-corrected chi connectivity index (χ2v) is 8.05. The topological polar surface area (TPSA) is 100.0 Å². The quantitative estimate of drug-likeness (QED) is 0.340. The van der Waals surface area contributed by atoms with Gasteiger partial charge >= 0.3 is 0 Å². The molecule has 2 heterocycles. The number of aromatic nitrogens is 1. The lowest BCUT2D eigenvalue weighted by atomic mass is 9.93. The lowest BCUT2D eigenvalue weighted by Gasteiger charge is -2.26. The minimum absolute atomic E-state index is 0.0608. The molecule has 0 saturated carbocycles. The highest BCUT2D eigenvalue weighted by Gasteiger charge is 2.47. The van der Waals surface area contributed by atoms with E-state index in [4.69, 9.17) is 4.74 Å². The van der Waals surface area contributed by atoms with Gasteiger partial charge in [0.25, 0.3) is 11.7 Å². The van der Waals surface area contributed by atoms with Gasteiger partial charge in [-0.15, -0.1) is 0 Å². The van der Waals surface area contributed by atoms with E-state index in [2.05, 4.69) is 4.98 Å². The number of benzene rings is 2. The summed E-state index contributed by atoms with van der Waals surface area (Å²) >= 11 is 0. The molecule has 1 atom stereocenters. The molecule has 0 aliphatic carbocycles. The fourth-order valence-electron chi connectivity index (χ4n) is 4.10. The first kappa shape index (κ1) is 22.1. The number of carbonyl (C=O) groups is 2. The first-order valence-electron chi connectivity index (χ1n) is 10.5. The second-order valence-electron chi connectivity index (χ2n) is 8.05. The zero-order chi connectivity index (χ0) is 23.7. The van der Waals surface area contributed by atoms with Gasteiger partial charge < -0.3 is 14.9 Å². The third-order valence-corrected chi connectivity index (χ3v) is 5.73. The maximum absolute atomic E-state index is 13.2. The molecule has 7 heteroatoms. The number of methoxy groups -OCH3 is 1. The first-order chi connectivity index (χ1) is 15.8. The number of ketones is 1. The molecule has 7 nitrogen and oxygen atoms in total. The van der Waals surface area contributed by atoms with Crippen molar-refractivity contribution < 1.29 is 24.5 Å². The number of anilines is 1. The third kappa shape index (κ3) is 3.82. The summed E-state index contributed by atoms with van der Waals surface area (Å²) in [7, 11) is 1.57. The molecule has 1 aliphatic heterocycles. The Hall–Kier alpha value is -4.13. The van der Waals surface area contributed by atoms with Gasteiger partial charge in [0.2, 0.25) is 0 Å². The van der Waals surface area contributed by atoms with Crippen molar-refractivity contribution in [2.45, 2.75) is 25.8 Å². The molecular weight excluding hydrogens is 420 g/mol. The van der Waals surface area contributed by atoms with Gasteiger partial charge in [-0.05, 0) is 59.5 Å². The van der Waals surface area contributed by atoms with Crippen LogP contribution in [0, 0.1) is 0 Å². The minimum Gasteiger partial charge on any atom is -0.507 e. The Kier molecular flexibility index (Phi) is 5.87. The van der Waals surface area contributed by atoms with Gasteiger partial charge in [0.05, 0.1) is 24.4 Å². The van der Waals surface area contributed by atoms with Crippen LogP contribution >= 0.6 is 0 Å².